The van der Waals surface area contributed by atoms with Crippen LogP contribution in [0.2, 0.25) is 0 Å². The van der Waals surface area contributed by atoms with E-state index in [-0.39, 0.29) is 11.8 Å². The number of aliphatic imine (C=N–C) groups is 1. The molecule has 0 aliphatic rings. The van der Waals surface area contributed by atoms with Crippen molar-refractivity contribution in [1.82, 2.24) is 0 Å². The number of allylic oxidation sites excluding steroid dienone is 5. The number of rotatable bonds is 17. The zero-order valence-corrected chi connectivity index (χ0v) is 25.9. The minimum absolute atomic E-state index is 0.142. The van der Waals surface area contributed by atoms with Gasteiger partial charge in [0.2, 0.25) is 0 Å². The molecule has 0 saturated heterocycles. The molecule has 5 atom stereocenters. The van der Waals surface area contributed by atoms with Gasteiger partial charge in [0.15, 0.2) is 0 Å². The van der Waals surface area contributed by atoms with Crippen molar-refractivity contribution in [3.8, 4) is 6.07 Å². The zero-order chi connectivity index (χ0) is 27.8. The summed E-state index contributed by atoms with van der Waals surface area (Å²) in [6.07, 6.45) is 9.34. The summed E-state index contributed by atoms with van der Waals surface area (Å²) < 4.78 is 0. The summed E-state index contributed by atoms with van der Waals surface area (Å²) in [5.41, 5.74) is 11.4. The second-order valence-corrected chi connectivity index (χ2v) is 11.4. The van der Waals surface area contributed by atoms with Crippen molar-refractivity contribution in [3.05, 3.63) is 45.5 Å². The Balaban J connectivity index is 5.57. The third-order valence-electron chi connectivity index (χ3n) is 8.10. The average Bonchev–Trinajstić information content (AvgIpc) is 2.89. The van der Waals surface area contributed by atoms with E-state index in [1.165, 1.54) is 24.0 Å². The predicted molar refractivity (Wildman–Crippen MR) is 164 cm³/mol. The number of nitrogens with two attached hydrogens (primary N) is 1. The first-order chi connectivity index (χ1) is 17.0. The van der Waals surface area contributed by atoms with Crippen molar-refractivity contribution in [2.45, 2.75) is 114 Å². The van der Waals surface area contributed by atoms with Crippen LogP contribution in [0.25, 0.3) is 0 Å². The van der Waals surface area contributed by atoms with Crippen LogP contribution < -0.4 is 5.73 Å². The second kappa shape index (κ2) is 18.5. The molecule has 0 aromatic rings. The van der Waals surface area contributed by atoms with Gasteiger partial charge in [-0.15, -0.1) is 11.8 Å². The Morgan fingerprint density at radius 2 is 1.61 bits per heavy atom. The molecule has 0 amide bonds. The molecular formula is C32H55N3S. The van der Waals surface area contributed by atoms with Crippen LogP contribution in [0.3, 0.4) is 0 Å². The molecular weight excluding hydrogens is 458 g/mol. The van der Waals surface area contributed by atoms with Crippen molar-refractivity contribution >= 4 is 17.5 Å². The lowest BCUT2D eigenvalue weighted by molar-refractivity contribution is 0.405. The second-order valence-electron chi connectivity index (χ2n) is 10.5. The van der Waals surface area contributed by atoms with E-state index in [1.54, 1.807) is 11.1 Å². The molecule has 5 unspecified atom stereocenters. The molecule has 0 aromatic heterocycles. The molecule has 36 heavy (non-hydrogen) atoms. The van der Waals surface area contributed by atoms with Gasteiger partial charge >= 0.3 is 0 Å². The number of hydrogen-bond donors (Lipinski definition) is 1. The van der Waals surface area contributed by atoms with Gasteiger partial charge in [-0.1, -0.05) is 86.0 Å². The quantitative estimate of drug-likeness (QED) is 0.155. The van der Waals surface area contributed by atoms with E-state index >= 15 is 0 Å². The molecule has 4 heteroatoms. The molecule has 0 saturated carbocycles. The lowest BCUT2D eigenvalue weighted by atomic mass is 9.82. The smallest absolute Gasteiger partial charge is 0.103 e. The molecule has 0 heterocycles. The maximum Gasteiger partial charge on any atom is 0.103 e. The third kappa shape index (κ3) is 10.7. The van der Waals surface area contributed by atoms with Crippen molar-refractivity contribution in [1.29, 1.82) is 5.26 Å². The highest BCUT2D eigenvalue weighted by Gasteiger charge is 2.25. The Kier molecular flexibility index (Phi) is 17.6. The minimum Gasteiger partial charge on any atom is -0.401 e. The fourth-order valence-electron chi connectivity index (χ4n) is 4.28. The Hall–Kier alpha value is -1.73. The molecule has 0 radical (unpaired) electrons. The molecule has 0 aliphatic carbocycles. The van der Waals surface area contributed by atoms with Gasteiger partial charge in [-0.05, 0) is 79.9 Å². The van der Waals surface area contributed by atoms with Crippen LogP contribution in [0.15, 0.2) is 50.5 Å². The van der Waals surface area contributed by atoms with Crippen molar-refractivity contribution in [2.75, 3.05) is 0 Å². The van der Waals surface area contributed by atoms with Crippen molar-refractivity contribution in [3.63, 3.8) is 0 Å². The summed E-state index contributed by atoms with van der Waals surface area (Å²) in [6.45, 7) is 26.1. The van der Waals surface area contributed by atoms with Crippen LogP contribution in [0.1, 0.15) is 114 Å². The van der Waals surface area contributed by atoms with Gasteiger partial charge in [0.05, 0.1) is 11.3 Å². The standard InChI is InChI=1S/C32H55N3S/c1-12-22(6)26(10)21-36-32(24(8)14-3)28(15-4)19-17-18-25(9)27(11)31(35-16-5)29(20-33)30(34)23(7)13-2/h16,21-23,25,27-28H,5,12-15,17-19,34H2,1-4,6-11H3/b26-21+,30-29+,32-24-,35-31?. The topological polar surface area (TPSA) is 62.2 Å². The number of thioether (sulfide) groups is 1. The van der Waals surface area contributed by atoms with Crippen LogP contribution in [0.4, 0.5) is 0 Å². The predicted octanol–water partition coefficient (Wildman–Crippen LogP) is 10.2. The Morgan fingerprint density at radius 1 is 1.00 bits per heavy atom. The highest BCUT2D eigenvalue weighted by molar-refractivity contribution is 8.05. The van der Waals surface area contributed by atoms with Crippen LogP contribution in [0, 0.1) is 40.9 Å². The zero-order valence-electron chi connectivity index (χ0n) is 25.1. The number of hydrogen-bond acceptors (Lipinski definition) is 4. The van der Waals surface area contributed by atoms with E-state index < -0.39 is 0 Å². The maximum absolute atomic E-state index is 9.91. The largest absolute Gasteiger partial charge is 0.401 e. The lowest BCUT2D eigenvalue weighted by Gasteiger charge is -2.25. The van der Waals surface area contributed by atoms with Crippen LogP contribution in [-0.2, 0) is 0 Å². The SMILES string of the molecule is C=CN=C(/C(C#N)=C(/N)C(C)CC)C(C)C(C)CCCC(CC)/C(S/C=C(\C)C(C)CC)=C(\C)CC. The van der Waals surface area contributed by atoms with Crippen LogP contribution in [0.5, 0.6) is 0 Å². The Morgan fingerprint density at radius 3 is 2.08 bits per heavy atom. The Labute approximate surface area is 228 Å². The van der Waals surface area contributed by atoms with E-state index in [4.69, 9.17) is 5.73 Å². The van der Waals surface area contributed by atoms with Gasteiger partial charge < -0.3 is 5.73 Å². The summed E-state index contributed by atoms with van der Waals surface area (Å²) in [6, 6.07) is 2.35. The molecule has 0 bridgehead atoms. The highest BCUT2D eigenvalue weighted by Crippen LogP contribution is 2.37. The minimum atomic E-state index is 0.142. The monoisotopic (exact) mass is 513 g/mol. The van der Waals surface area contributed by atoms with E-state index in [2.05, 4.69) is 92.3 Å². The maximum atomic E-state index is 9.91. The van der Waals surface area contributed by atoms with Crippen LogP contribution in [-0.4, -0.2) is 5.71 Å². The molecule has 0 spiro atoms. The Bertz CT molecular complexity index is 840. The first-order valence-corrected chi connectivity index (χ1v) is 15.0. The van der Waals surface area contributed by atoms with E-state index in [9.17, 15) is 5.26 Å². The molecule has 3 nitrogen and oxygen atoms in total. The molecule has 0 aromatic carbocycles. The lowest BCUT2D eigenvalue weighted by Crippen LogP contribution is -2.24. The molecule has 204 valence electrons. The van der Waals surface area contributed by atoms with Crippen molar-refractivity contribution < 1.29 is 0 Å². The van der Waals surface area contributed by atoms with Gasteiger partial charge in [0.1, 0.15) is 6.07 Å². The number of nitrogens with zero attached hydrogens (tertiary/aromatic N) is 2. The first-order valence-electron chi connectivity index (χ1n) is 14.2. The normalized spacial score (nSPS) is 18.4. The van der Waals surface area contributed by atoms with Gasteiger partial charge in [-0.3, -0.25) is 4.99 Å². The molecule has 0 aliphatic heterocycles. The first kappa shape index (κ1) is 34.3. The van der Waals surface area contributed by atoms with Crippen LogP contribution >= 0.6 is 11.8 Å². The fourth-order valence-corrected chi connectivity index (χ4v) is 5.65. The van der Waals surface area contributed by atoms with Crippen molar-refractivity contribution in [2.24, 2.45) is 40.3 Å². The van der Waals surface area contributed by atoms with Gasteiger partial charge in [-0.2, -0.15) is 5.26 Å². The third-order valence-corrected chi connectivity index (χ3v) is 9.53. The van der Waals surface area contributed by atoms with E-state index in [1.807, 2.05) is 11.8 Å². The summed E-state index contributed by atoms with van der Waals surface area (Å²) in [5, 5.41) is 12.3. The summed E-state index contributed by atoms with van der Waals surface area (Å²) in [4.78, 5) is 6.10. The van der Waals surface area contributed by atoms with Gasteiger partial charge in [0.25, 0.3) is 0 Å². The van der Waals surface area contributed by atoms with E-state index in [0.29, 0.717) is 29.0 Å². The van der Waals surface area contributed by atoms with E-state index in [0.717, 1.165) is 37.8 Å². The summed E-state index contributed by atoms with van der Waals surface area (Å²) in [7, 11) is 0. The average molecular weight is 514 g/mol. The van der Waals surface area contributed by atoms with Gasteiger partial charge in [0, 0.05) is 17.8 Å². The summed E-state index contributed by atoms with van der Waals surface area (Å²) in [5.74, 6) is 1.92. The molecule has 2 N–H and O–H groups in total. The fraction of sp³-hybridized carbons (Fsp3) is 0.688. The molecule has 0 fully saturated rings. The summed E-state index contributed by atoms with van der Waals surface area (Å²) >= 11 is 1.96. The highest BCUT2D eigenvalue weighted by atomic mass is 32.2. The van der Waals surface area contributed by atoms with Gasteiger partial charge in [-0.25, -0.2) is 0 Å². The number of nitriles is 1. The molecule has 0 rings (SSSR count).